The van der Waals surface area contributed by atoms with Gasteiger partial charge in [-0.3, -0.25) is 9.80 Å². The smallest absolute Gasteiger partial charge is 0.410 e. The number of nitrogens with one attached hydrogen (secondary N) is 1. The molecular weight excluding hydrogens is 489 g/mol. The molecule has 202 valence electrons. The highest BCUT2D eigenvalue weighted by atomic mass is 19.1. The minimum Gasteiger partial charge on any atom is -0.444 e. The van der Waals surface area contributed by atoms with Crippen molar-refractivity contribution in [2.75, 3.05) is 41.3 Å². The van der Waals surface area contributed by atoms with Gasteiger partial charge in [0.1, 0.15) is 11.4 Å². The average molecular weight is 524 g/mol. The summed E-state index contributed by atoms with van der Waals surface area (Å²) in [6, 6.07) is 2.86. The fourth-order valence-corrected chi connectivity index (χ4v) is 5.22. The van der Waals surface area contributed by atoms with Crippen molar-refractivity contribution in [3.63, 3.8) is 0 Å². The second-order valence-corrected chi connectivity index (χ2v) is 11.5. The van der Waals surface area contributed by atoms with Crippen LogP contribution in [0.5, 0.6) is 0 Å². The number of anilines is 3. The number of pyridine rings is 2. The second-order valence-electron chi connectivity index (χ2n) is 11.5. The number of nitrogens with zero attached hydrogens (tertiary/aromatic N) is 6. The lowest BCUT2D eigenvalue weighted by Crippen LogP contribution is -2.62. The molecule has 0 aromatic carbocycles. The third-order valence-electron chi connectivity index (χ3n) is 6.83. The van der Waals surface area contributed by atoms with Gasteiger partial charge in [0.05, 0.1) is 16.9 Å². The first-order chi connectivity index (χ1) is 17.8. The zero-order chi connectivity index (χ0) is 27.4. The lowest BCUT2D eigenvalue weighted by Gasteiger charge is -2.48. The van der Waals surface area contributed by atoms with E-state index in [-0.39, 0.29) is 17.8 Å². The van der Waals surface area contributed by atoms with Gasteiger partial charge < -0.3 is 19.4 Å². The van der Waals surface area contributed by atoms with Crippen LogP contribution in [0.1, 0.15) is 45.9 Å². The van der Waals surface area contributed by atoms with Gasteiger partial charge in [-0.05, 0) is 54.0 Å². The molecule has 11 heteroatoms. The van der Waals surface area contributed by atoms with Crippen LogP contribution in [-0.4, -0.2) is 68.7 Å². The van der Waals surface area contributed by atoms with Gasteiger partial charge >= 0.3 is 12.1 Å². The van der Waals surface area contributed by atoms with Crippen LogP contribution in [0.2, 0.25) is 0 Å². The van der Waals surface area contributed by atoms with Crippen molar-refractivity contribution in [2.45, 2.75) is 59.1 Å². The Labute approximate surface area is 221 Å². The maximum absolute atomic E-state index is 14.5. The molecule has 3 aromatic rings. The Bertz CT molecular complexity index is 1410. The molecule has 3 amide bonds. The summed E-state index contributed by atoms with van der Waals surface area (Å²) in [6.45, 7) is 13.7. The van der Waals surface area contributed by atoms with E-state index in [1.165, 1.54) is 6.07 Å². The van der Waals surface area contributed by atoms with Gasteiger partial charge in [0.25, 0.3) is 0 Å². The van der Waals surface area contributed by atoms with E-state index in [0.717, 1.165) is 11.3 Å². The predicted molar refractivity (Wildman–Crippen MR) is 143 cm³/mol. The van der Waals surface area contributed by atoms with Gasteiger partial charge in [-0.1, -0.05) is 0 Å². The zero-order valence-electron chi connectivity index (χ0n) is 22.7. The third kappa shape index (κ3) is 4.84. The summed E-state index contributed by atoms with van der Waals surface area (Å²) < 4.78 is 21.7. The summed E-state index contributed by atoms with van der Waals surface area (Å²) in [6.07, 6.45) is 5.38. The molecule has 1 saturated heterocycles. The molecule has 0 spiro atoms. The quantitative estimate of drug-likeness (QED) is 0.527. The first kappa shape index (κ1) is 25.7. The number of carbonyl (C=O) groups excluding carboxylic acids is 2. The highest BCUT2D eigenvalue weighted by molar-refractivity contribution is 6.03. The SMILES string of the molecule is Cc1cn2cc(NC(=O)N3CCc4c(N5CCN(C(=O)OC(C)(C)C)C(C)(C)C5)ccnc43)cc(F)c2n1. The van der Waals surface area contributed by atoms with Crippen molar-refractivity contribution < 1.29 is 18.7 Å². The van der Waals surface area contributed by atoms with E-state index in [4.69, 9.17) is 4.74 Å². The lowest BCUT2D eigenvalue weighted by molar-refractivity contribution is 0.000363. The van der Waals surface area contributed by atoms with Crippen molar-refractivity contribution in [2.24, 2.45) is 0 Å². The number of aromatic nitrogens is 3. The topological polar surface area (TPSA) is 95.3 Å². The predicted octanol–water partition coefficient (Wildman–Crippen LogP) is 4.61. The van der Waals surface area contributed by atoms with E-state index in [1.54, 1.807) is 39.7 Å². The van der Waals surface area contributed by atoms with Crippen LogP contribution < -0.4 is 15.1 Å². The summed E-state index contributed by atoms with van der Waals surface area (Å²) in [5.41, 5.74) is 2.21. The number of halogens is 1. The Kier molecular flexibility index (Phi) is 6.19. The fourth-order valence-electron chi connectivity index (χ4n) is 5.22. The number of rotatable bonds is 2. The summed E-state index contributed by atoms with van der Waals surface area (Å²) in [7, 11) is 0. The summed E-state index contributed by atoms with van der Waals surface area (Å²) in [5.74, 6) is 0.0821. The van der Waals surface area contributed by atoms with Crippen molar-refractivity contribution in [3.8, 4) is 0 Å². The monoisotopic (exact) mass is 523 g/mol. The molecule has 2 aliphatic heterocycles. The largest absolute Gasteiger partial charge is 0.444 e. The Morgan fingerprint density at radius 1 is 1.16 bits per heavy atom. The lowest BCUT2D eigenvalue weighted by atomic mass is 9.98. The average Bonchev–Trinajstić information content (AvgIpc) is 3.40. The number of aryl methyl sites for hydroxylation is 1. The number of ether oxygens (including phenoxy) is 1. The summed E-state index contributed by atoms with van der Waals surface area (Å²) in [5, 5.41) is 2.80. The van der Waals surface area contributed by atoms with Crippen LogP contribution in [0.25, 0.3) is 5.65 Å². The van der Waals surface area contributed by atoms with E-state index in [2.05, 4.69) is 20.2 Å². The molecule has 0 bridgehead atoms. The van der Waals surface area contributed by atoms with Gasteiger partial charge in [0, 0.05) is 62.1 Å². The first-order valence-electron chi connectivity index (χ1n) is 12.8. The zero-order valence-corrected chi connectivity index (χ0v) is 22.7. The number of imidazole rings is 1. The molecule has 10 nitrogen and oxygen atoms in total. The van der Waals surface area contributed by atoms with Crippen LogP contribution in [-0.2, 0) is 11.2 Å². The maximum atomic E-state index is 14.5. The number of urea groups is 1. The Hall–Kier alpha value is -3.89. The number of hydrogen-bond donors (Lipinski definition) is 1. The highest BCUT2D eigenvalue weighted by Gasteiger charge is 2.40. The van der Waals surface area contributed by atoms with Crippen molar-refractivity contribution in [1.82, 2.24) is 19.3 Å². The summed E-state index contributed by atoms with van der Waals surface area (Å²) in [4.78, 5) is 40.3. The van der Waals surface area contributed by atoms with E-state index in [1.807, 2.05) is 40.7 Å². The molecule has 0 unspecified atom stereocenters. The maximum Gasteiger partial charge on any atom is 0.410 e. The number of amides is 3. The molecule has 38 heavy (non-hydrogen) atoms. The van der Waals surface area contributed by atoms with Gasteiger partial charge in [-0.15, -0.1) is 0 Å². The Morgan fingerprint density at radius 3 is 2.63 bits per heavy atom. The minimum absolute atomic E-state index is 0.216. The van der Waals surface area contributed by atoms with Crippen LogP contribution in [0, 0.1) is 12.7 Å². The molecular formula is C27H34FN7O3. The van der Waals surface area contributed by atoms with Crippen LogP contribution >= 0.6 is 0 Å². The van der Waals surface area contributed by atoms with E-state index >= 15 is 0 Å². The van der Waals surface area contributed by atoms with E-state index in [9.17, 15) is 14.0 Å². The van der Waals surface area contributed by atoms with Crippen molar-refractivity contribution >= 4 is 35.0 Å². The third-order valence-corrected chi connectivity index (χ3v) is 6.83. The summed E-state index contributed by atoms with van der Waals surface area (Å²) >= 11 is 0. The molecule has 1 N–H and O–H groups in total. The molecule has 3 aromatic heterocycles. The highest BCUT2D eigenvalue weighted by Crippen LogP contribution is 2.36. The fraction of sp³-hybridized carbons (Fsp3) is 0.481. The van der Waals surface area contributed by atoms with Gasteiger partial charge in [-0.2, -0.15) is 0 Å². The van der Waals surface area contributed by atoms with E-state index < -0.39 is 17.0 Å². The Balaban J connectivity index is 1.33. The van der Waals surface area contributed by atoms with Crippen LogP contribution in [0.4, 0.5) is 31.2 Å². The Morgan fingerprint density at radius 2 is 1.92 bits per heavy atom. The normalized spacial score (nSPS) is 17.1. The molecule has 0 aliphatic carbocycles. The molecule has 5 rings (SSSR count). The van der Waals surface area contributed by atoms with Crippen molar-refractivity contribution in [3.05, 3.63) is 47.8 Å². The molecule has 0 saturated carbocycles. The molecule has 2 aliphatic rings. The second kappa shape index (κ2) is 9.14. The van der Waals surface area contributed by atoms with Crippen LogP contribution in [0.15, 0.2) is 30.7 Å². The van der Waals surface area contributed by atoms with Crippen LogP contribution in [0.3, 0.4) is 0 Å². The number of carbonyl (C=O) groups is 2. The van der Waals surface area contributed by atoms with Crippen molar-refractivity contribution in [1.29, 1.82) is 0 Å². The number of piperazine rings is 1. The van der Waals surface area contributed by atoms with Gasteiger partial charge in [0.15, 0.2) is 11.5 Å². The standard InChI is InChI=1S/C27H34FN7O3/c1-17-14-33-15-18(13-20(28)23(33)30-17)31-24(36)34-10-8-19-21(7-9-29-22(19)34)32-11-12-35(27(5,6)16-32)25(37)38-26(2,3)4/h7,9,13-15H,8,10-12,16H2,1-6H3,(H,31,36). The number of hydrogen-bond acceptors (Lipinski definition) is 6. The molecule has 0 atom stereocenters. The molecule has 1 fully saturated rings. The molecule has 0 radical (unpaired) electrons. The number of fused-ring (bicyclic) bond motifs is 2. The first-order valence-corrected chi connectivity index (χ1v) is 12.8. The van der Waals surface area contributed by atoms with Gasteiger partial charge in [-0.25, -0.2) is 23.9 Å². The minimum atomic E-state index is -0.560. The van der Waals surface area contributed by atoms with Gasteiger partial charge in [0.2, 0.25) is 0 Å². The molecule has 5 heterocycles. The van der Waals surface area contributed by atoms with E-state index in [0.29, 0.717) is 49.8 Å².